The lowest BCUT2D eigenvalue weighted by Gasteiger charge is -2.24. The van der Waals surface area contributed by atoms with E-state index < -0.39 is 5.97 Å². The molecule has 0 aliphatic heterocycles. The molecule has 3 heteroatoms. The number of benzene rings is 1. The number of carbonyl (C=O) groups is 1. The zero-order chi connectivity index (χ0) is 12.4. The molecule has 1 aromatic rings. The van der Waals surface area contributed by atoms with Crippen molar-refractivity contribution in [3.05, 3.63) is 40.9 Å². The molecule has 0 heterocycles. The van der Waals surface area contributed by atoms with Crippen LogP contribution >= 0.6 is 11.6 Å². The van der Waals surface area contributed by atoms with Gasteiger partial charge in [0, 0.05) is 5.02 Å². The molecule has 0 bridgehead atoms. The molecule has 1 N–H and O–H groups in total. The van der Waals surface area contributed by atoms with Gasteiger partial charge in [0.1, 0.15) is 0 Å². The number of hydrogen-bond donors (Lipinski definition) is 1. The molecule has 1 aliphatic carbocycles. The molecule has 0 aromatic heterocycles. The molecule has 0 saturated heterocycles. The maximum absolute atomic E-state index is 11.0. The first-order chi connectivity index (χ1) is 8.08. The van der Waals surface area contributed by atoms with E-state index >= 15 is 0 Å². The Balaban J connectivity index is 2.25. The number of aliphatic carboxylic acids is 1. The zero-order valence-corrected chi connectivity index (χ0v) is 10.4. The number of carboxylic acids is 1. The summed E-state index contributed by atoms with van der Waals surface area (Å²) in [6.07, 6.45) is 3.57. The monoisotopic (exact) mass is 250 g/mol. The minimum atomic E-state index is -0.695. The normalized spacial score (nSPS) is 24.2. The molecule has 0 fully saturated rings. The molecule has 0 saturated carbocycles. The highest BCUT2D eigenvalue weighted by Crippen LogP contribution is 2.34. The van der Waals surface area contributed by atoms with Crippen molar-refractivity contribution in [2.45, 2.75) is 19.8 Å². The van der Waals surface area contributed by atoms with Crippen molar-refractivity contribution in [2.24, 2.45) is 11.8 Å². The van der Waals surface area contributed by atoms with Gasteiger partial charge in [-0.15, -0.1) is 0 Å². The molecule has 17 heavy (non-hydrogen) atoms. The van der Waals surface area contributed by atoms with E-state index in [0.29, 0.717) is 6.42 Å². The molecule has 1 aromatic carbocycles. The first-order valence-corrected chi connectivity index (χ1v) is 6.15. The summed E-state index contributed by atoms with van der Waals surface area (Å²) in [7, 11) is 0. The van der Waals surface area contributed by atoms with Gasteiger partial charge < -0.3 is 5.11 Å². The molecular formula is C14H15ClO2. The summed E-state index contributed by atoms with van der Waals surface area (Å²) in [5.41, 5.74) is 2.31. The molecule has 0 spiro atoms. The Morgan fingerprint density at radius 3 is 2.82 bits per heavy atom. The predicted molar refractivity (Wildman–Crippen MR) is 69.0 cm³/mol. The third-order valence-corrected chi connectivity index (χ3v) is 3.57. The van der Waals surface area contributed by atoms with E-state index in [9.17, 15) is 4.79 Å². The Bertz CT molecular complexity index is 465. The Labute approximate surface area is 106 Å². The standard InChI is InChI=1S/C14H15ClO2/c1-9-7-11(5-6-13(9)14(16)17)10-3-2-4-12(15)8-10/h2-4,7-9,13H,5-6H2,1H3,(H,16,17)/t9-,13+/m0/s1. The van der Waals surface area contributed by atoms with Gasteiger partial charge in [-0.1, -0.05) is 36.7 Å². The van der Waals surface area contributed by atoms with Gasteiger partial charge in [-0.05, 0) is 42.0 Å². The molecule has 2 nitrogen and oxygen atoms in total. The van der Waals surface area contributed by atoms with Crippen molar-refractivity contribution in [1.29, 1.82) is 0 Å². The second-order valence-electron chi connectivity index (χ2n) is 4.54. The Kier molecular flexibility index (Phi) is 3.53. The smallest absolute Gasteiger partial charge is 0.307 e. The van der Waals surface area contributed by atoms with Crippen LogP contribution in [0.15, 0.2) is 30.3 Å². The van der Waals surface area contributed by atoms with E-state index in [-0.39, 0.29) is 11.8 Å². The predicted octanol–water partition coefficient (Wildman–Crippen LogP) is 3.85. The topological polar surface area (TPSA) is 37.3 Å². The van der Waals surface area contributed by atoms with Crippen LogP contribution in [0.25, 0.3) is 5.57 Å². The Morgan fingerprint density at radius 1 is 1.47 bits per heavy atom. The van der Waals surface area contributed by atoms with Gasteiger partial charge in [-0.2, -0.15) is 0 Å². The number of carboxylic acid groups (broad SMARTS) is 1. The van der Waals surface area contributed by atoms with E-state index in [1.165, 1.54) is 5.57 Å². The number of halogens is 1. The van der Waals surface area contributed by atoms with E-state index in [1.54, 1.807) is 0 Å². The Hall–Kier alpha value is -1.28. The molecule has 0 radical (unpaired) electrons. The maximum atomic E-state index is 11.0. The minimum Gasteiger partial charge on any atom is -0.481 e. The van der Waals surface area contributed by atoms with Gasteiger partial charge >= 0.3 is 5.97 Å². The van der Waals surface area contributed by atoms with Crippen LogP contribution in [-0.4, -0.2) is 11.1 Å². The average Bonchev–Trinajstić information content (AvgIpc) is 2.28. The summed E-state index contributed by atoms with van der Waals surface area (Å²) in [5, 5.41) is 9.78. The lowest BCUT2D eigenvalue weighted by atomic mass is 9.80. The number of allylic oxidation sites excluding steroid dienone is 2. The van der Waals surface area contributed by atoms with E-state index in [4.69, 9.17) is 16.7 Å². The van der Waals surface area contributed by atoms with Crippen molar-refractivity contribution in [3.8, 4) is 0 Å². The van der Waals surface area contributed by atoms with E-state index in [1.807, 2.05) is 31.2 Å². The van der Waals surface area contributed by atoms with Crippen LogP contribution in [0.2, 0.25) is 5.02 Å². The second-order valence-corrected chi connectivity index (χ2v) is 4.98. The summed E-state index contributed by atoms with van der Waals surface area (Å²) in [5.74, 6) is -0.868. The minimum absolute atomic E-state index is 0.0789. The first kappa shape index (κ1) is 12.2. The van der Waals surface area contributed by atoms with Crippen LogP contribution in [0.3, 0.4) is 0 Å². The van der Waals surface area contributed by atoms with Crippen LogP contribution in [0.5, 0.6) is 0 Å². The van der Waals surface area contributed by atoms with Gasteiger partial charge in [-0.25, -0.2) is 0 Å². The SMILES string of the molecule is C[C@H]1C=C(c2cccc(Cl)c2)CC[C@H]1C(=O)O. The van der Waals surface area contributed by atoms with Crippen molar-refractivity contribution in [1.82, 2.24) is 0 Å². The molecule has 1 aliphatic rings. The van der Waals surface area contributed by atoms with Crippen molar-refractivity contribution in [2.75, 3.05) is 0 Å². The summed E-state index contributed by atoms with van der Waals surface area (Å²) in [6.45, 7) is 1.96. The number of hydrogen-bond acceptors (Lipinski definition) is 1. The van der Waals surface area contributed by atoms with Gasteiger partial charge in [0.25, 0.3) is 0 Å². The molecule has 2 atom stereocenters. The van der Waals surface area contributed by atoms with Gasteiger partial charge in [-0.3, -0.25) is 4.79 Å². The fourth-order valence-corrected chi connectivity index (χ4v) is 2.56. The van der Waals surface area contributed by atoms with E-state index in [0.717, 1.165) is 17.0 Å². The largest absolute Gasteiger partial charge is 0.481 e. The maximum Gasteiger partial charge on any atom is 0.307 e. The van der Waals surface area contributed by atoms with Gasteiger partial charge in [0.15, 0.2) is 0 Å². The third-order valence-electron chi connectivity index (χ3n) is 3.34. The van der Waals surface area contributed by atoms with Gasteiger partial charge in [0.05, 0.1) is 5.92 Å². The Morgan fingerprint density at radius 2 is 2.24 bits per heavy atom. The van der Waals surface area contributed by atoms with Crippen LogP contribution in [-0.2, 0) is 4.79 Å². The summed E-state index contributed by atoms with van der Waals surface area (Å²) >= 11 is 5.96. The quantitative estimate of drug-likeness (QED) is 0.866. The first-order valence-electron chi connectivity index (χ1n) is 5.77. The van der Waals surface area contributed by atoms with Crippen LogP contribution < -0.4 is 0 Å². The van der Waals surface area contributed by atoms with Crippen molar-refractivity contribution in [3.63, 3.8) is 0 Å². The lowest BCUT2D eigenvalue weighted by Crippen LogP contribution is -2.23. The summed E-state index contributed by atoms with van der Waals surface area (Å²) in [4.78, 5) is 11.0. The van der Waals surface area contributed by atoms with Crippen LogP contribution in [0, 0.1) is 11.8 Å². The lowest BCUT2D eigenvalue weighted by molar-refractivity contribution is -0.143. The molecular weight excluding hydrogens is 236 g/mol. The second kappa shape index (κ2) is 4.92. The van der Waals surface area contributed by atoms with Crippen LogP contribution in [0.1, 0.15) is 25.3 Å². The zero-order valence-electron chi connectivity index (χ0n) is 9.69. The highest BCUT2D eigenvalue weighted by Gasteiger charge is 2.27. The van der Waals surface area contributed by atoms with Gasteiger partial charge in [0.2, 0.25) is 0 Å². The highest BCUT2D eigenvalue weighted by molar-refractivity contribution is 6.30. The number of rotatable bonds is 2. The van der Waals surface area contributed by atoms with Crippen molar-refractivity contribution >= 4 is 23.1 Å². The van der Waals surface area contributed by atoms with E-state index in [2.05, 4.69) is 6.08 Å². The molecule has 0 amide bonds. The fraction of sp³-hybridized carbons (Fsp3) is 0.357. The fourth-order valence-electron chi connectivity index (χ4n) is 2.37. The van der Waals surface area contributed by atoms with Crippen molar-refractivity contribution < 1.29 is 9.90 Å². The summed E-state index contributed by atoms with van der Waals surface area (Å²) < 4.78 is 0. The molecule has 2 rings (SSSR count). The third kappa shape index (κ3) is 2.70. The average molecular weight is 251 g/mol. The summed E-state index contributed by atoms with van der Waals surface area (Å²) in [6, 6.07) is 7.72. The van der Waals surface area contributed by atoms with Crippen LogP contribution in [0.4, 0.5) is 0 Å². The molecule has 0 unspecified atom stereocenters. The highest BCUT2D eigenvalue weighted by atomic mass is 35.5. The molecule has 90 valence electrons.